The lowest BCUT2D eigenvalue weighted by Crippen LogP contribution is -2.52. The molecule has 1 N–H and O–H groups in total. The maximum atomic E-state index is 9.42. The Balaban J connectivity index is 1.26. The molecule has 2 fully saturated rings. The lowest BCUT2D eigenvalue weighted by Gasteiger charge is -2.42. The van der Waals surface area contributed by atoms with Crippen molar-refractivity contribution in [1.82, 2.24) is 19.8 Å². The SMILES string of the molecule is COc1ccc(-c2ccnc(Nc3ccc(N4CCC(N5CCN(C)CC5)CC4)c(OC)c3)n2)cc1C#N. The highest BCUT2D eigenvalue weighted by Crippen LogP contribution is 2.34. The van der Waals surface area contributed by atoms with E-state index >= 15 is 0 Å². The van der Waals surface area contributed by atoms with Crippen molar-refractivity contribution in [3.05, 3.63) is 54.2 Å². The van der Waals surface area contributed by atoms with Crippen molar-refractivity contribution >= 4 is 17.3 Å². The highest BCUT2D eigenvalue weighted by molar-refractivity contribution is 5.69. The van der Waals surface area contributed by atoms with Crippen LogP contribution in [0.4, 0.5) is 17.3 Å². The number of hydrogen-bond donors (Lipinski definition) is 1. The lowest BCUT2D eigenvalue weighted by molar-refractivity contribution is 0.0981. The predicted molar refractivity (Wildman–Crippen MR) is 149 cm³/mol. The zero-order chi connectivity index (χ0) is 26.5. The molecule has 2 aromatic carbocycles. The molecule has 3 heterocycles. The molecule has 3 aromatic rings. The minimum Gasteiger partial charge on any atom is -0.495 e. The molecular formula is C29H35N7O2. The van der Waals surface area contributed by atoms with E-state index < -0.39 is 0 Å². The van der Waals surface area contributed by atoms with E-state index in [1.54, 1.807) is 32.5 Å². The summed E-state index contributed by atoms with van der Waals surface area (Å²) in [5.41, 5.74) is 3.97. The Hall–Kier alpha value is -3.87. The second-order valence-corrected chi connectivity index (χ2v) is 9.86. The van der Waals surface area contributed by atoms with E-state index in [4.69, 9.17) is 9.47 Å². The molecule has 1 aromatic heterocycles. The van der Waals surface area contributed by atoms with Crippen molar-refractivity contribution < 1.29 is 9.47 Å². The third-order valence-electron chi connectivity index (χ3n) is 7.57. The highest BCUT2D eigenvalue weighted by Gasteiger charge is 2.27. The Kier molecular flexibility index (Phi) is 7.91. The van der Waals surface area contributed by atoms with Crippen LogP contribution in [0.5, 0.6) is 11.5 Å². The molecule has 9 nitrogen and oxygen atoms in total. The summed E-state index contributed by atoms with van der Waals surface area (Å²) in [5.74, 6) is 1.84. The molecule has 0 saturated carbocycles. The van der Waals surface area contributed by atoms with Crippen LogP contribution in [0.25, 0.3) is 11.3 Å². The Morgan fingerprint density at radius 3 is 2.39 bits per heavy atom. The third kappa shape index (κ3) is 5.67. The zero-order valence-corrected chi connectivity index (χ0v) is 22.4. The number of piperidine rings is 1. The van der Waals surface area contributed by atoms with Crippen LogP contribution in [-0.2, 0) is 0 Å². The topological polar surface area (TPSA) is 89.8 Å². The number of benzene rings is 2. The molecule has 5 rings (SSSR count). The molecular weight excluding hydrogens is 478 g/mol. The number of nitrogens with one attached hydrogen (secondary N) is 1. The average Bonchev–Trinajstić information content (AvgIpc) is 2.97. The zero-order valence-electron chi connectivity index (χ0n) is 22.4. The normalized spacial score (nSPS) is 17.2. The number of hydrogen-bond acceptors (Lipinski definition) is 9. The Morgan fingerprint density at radius 1 is 0.921 bits per heavy atom. The summed E-state index contributed by atoms with van der Waals surface area (Å²) in [6.07, 6.45) is 4.05. The quantitative estimate of drug-likeness (QED) is 0.504. The third-order valence-corrected chi connectivity index (χ3v) is 7.57. The van der Waals surface area contributed by atoms with Crippen LogP contribution in [0.15, 0.2) is 48.7 Å². The number of aromatic nitrogens is 2. The average molecular weight is 514 g/mol. The molecule has 0 spiro atoms. The van der Waals surface area contributed by atoms with Crippen molar-refractivity contribution in [2.24, 2.45) is 0 Å². The molecule has 2 aliphatic heterocycles. The first-order valence-electron chi connectivity index (χ1n) is 13.1. The van der Waals surface area contributed by atoms with Gasteiger partial charge < -0.3 is 24.6 Å². The molecule has 0 amide bonds. The van der Waals surface area contributed by atoms with Gasteiger partial charge in [0.2, 0.25) is 5.95 Å². The minimum atomic E-state index is 0.464. The molecule has 0 bridgehead atoms. The van der Waals surface area contributed by atoms with Crippen molar-refractivity contribution in [2.45, 2.75) is 18.9 Å². The van der Waals surface area contributed by atoms with Gasteiger partial charge in [-0.2, -0.15) is 5.26 Å². The number of nitrogens with zero attached hydrogens (tertiary/aromatic N) is 6. The number of piperazine rings is 1. The second-order valence-electron chi connectivity index (χ2n) is 9.86. The van der Waals surface area contributed by atoms with Gasteiger partial charge in [0.15, 0.2) is 0 Å². The Morgan fingerprint density at radius 2 is 1.68 bits per heavy atom. The number of methoxy groups -OCH3 is 2. The summed E-state index contributed by atoms with van der Waals surface area (Å²) in [7, 11) is 5.48. The van der Waals surface area contributed by atoms with E-state index in [1.807, 2.05) is 24.3 Å². The van der Waals surface area contributed by atoms with E-state index in [9.17, 15) is 5.26 Å². The second kappa shape index (κ2) is 11.7. The summed E-state index contributed by atoms with van der Waals surface area (Å²) in [5, 5.41) is 12.7. The molecule has 0 radical (unpaired) electrons. The van der Waals surface area contributed by atoms with Crippen LogP contribution >= 0.6 is 0 Å². The maximum Gasteiger partial charge on any atom is 0.227 e. The van der Waals surface area contributed by atoms with Crippen molar-refractivity contribution in [2.75, 3.05) is 70.8 Å². The van der Waals surface area contributed by atoms with Gasteiger partial charge >= 0.3 is 0 Å². The summed E-state index contributed by atoms with van der Waals surface area (Å²) in [4.78, 5) is 16.6. The maximum absolute atomic E-state index is 9.42. The van der Waals surface area contributed by atoms with Crippen molar-refractivity contribution in [3.8, 4) is 28.8 Å². The first kappa shape index (κ1) is 25.8. The van der Waals surface area contributed by atoms with Crippen LogP contribution < -0.4 is 19.7 Å². The van der Waals surface area contributed by atoms with Crippen LogP contribution in [0.1, 0.15) is 18.4 Å². The summed E-state index contributed by atoms with van der Waals surface area (Å²) in [6, 6.07) is 16.3. The molecule has 0 unspecified atom stereocenters. The molecule has 9 heteroatoms. The molecule has 0 aliphatic carbocycles. The summed E-state index contributed by atoms with van der Waals surface area (Å²) < 4.78 is 11.0. The number of likely N-dealkylation sites (N-methyl/N-ethyl adjacent to an activating group) is 1. The lowest BCUT2D eigenvalue weighted by atomic mass is 10.0. The van der Waals surface area contributed by atoms with Gasteiger partial charge in [-0.1, -0.05) is 0 Å². The van der Waals surface area contributed by atoms with Crippen LogP contribution in [0.2, 0.25) is 0 Å². The fraction of sp³-hybridized carbons (Fsp3) is 0.414. The van der Waals surface area contributed by atoms with E-state index in [-0.39, 0.29) is 0 Å². The fourth-order valence-electron chi connectivity index (χ4n) is 5.34. The number of ether oxygens (including phenoxy) is 2. The van der Waals surface area contributed by atoms with Crippen LogP contribution in [0.3, 0.4) is 0 Å². The number of rotatable bonds is 7. The minimum absolute atomic E-state index is 0.464. The van der Waals surface area contributed by atoms with Crippen LogP contribution in [-0.4, -0.2) is 86.3 Å². The fourth-order valence-corrected chi connectivity index (χ4v) is 5.34. The van der Waals surface area contributed by atoms with E-state index in [2.05, 4.69) is 49.2 Å². The highest BCUT2D eigenvalue weighted by atomic mass is 16.5. The Labute approximate surface area is 224 Å². The van der Waals surface area contributed by atoms with Crippen molar-refractivity contribution in [3.63, 3.8) is 0 Å². The van der Waals surface area contributed by atoms with Gasteiger partial charge in [0, 0.05) is 68.8 Å². The largest absolute Gasteiger partial charge is 0.495 e. The smallest absolute Gasteiger partial charge is 0.227 e. The van der Waals surface area contributed by atoms with Gasteiger partial charge in [0.05, 0.1) is 31.2 Å². The van der Waals surface area contributed by atoms with E-state index in [1.165, 1.54) is 25.9 Å². The van der Waals surface area contributed by atoms with Gasteiger partial charge in [-0.05, 0) is 56.3 Å². The number of anilines is 3. The first-order valence-corrected chi connectivity index (χ1v) is 13.1. The van der Waals surface area contributed by atoms with Gasteiger partial charge in [-0.3, -0.25) is 4.90 Å². The summed E-state index contributed by atoms with van der Waals surface area (Å²) >= 11 is 0. The standard InChI is InChI=1S/C29H35N7O2/c1-34-14-16-35(17-15-34)24-9-12-36(13-10-24)26-6-5-23(19-28(26)38-3)32-29-31-11-8-25(33-29)21-4-7-27(37-2)22(18-21)20-30/h4-8,11,18-19,24H,9-10,12-17H2,1-3H3,(H,31,32,33). The monoisotopic (exact) mass is 513 g/mol. The van der Waals surface area contributed by atoms with E-state index in [0.29, 0.717) is 29.0 Å². The molecule has 2 aliphatic rings. The van der Waals surface area contributed by atoms with E-state index in [0.717, 1.165) is 48.9 Å². The first-order chi connectivity index (χ1) is 18.6. The molecule has 0 atom stereocenters. The molecule has 38 heavy (non-hydrogen) atoms. The van der Waals surface area contributed by atoms with Gasteiger partial charge in [0.25, 0.3) is 0 Å². The Bertz CT molecular complexity index is 1290. The van der Waals surface area contributed by atoms with Crippen LogP contribution in [0, 0.1) is 11.3 Å². The molecule has 2 saturated heterocycles. The molecule has 198 valence electrons. The predicted octanol–water partition coefficient (Wildman–Crippen LogP) is 3.99. The van der Waals surface area contributed by atoms with Gasteiger partial charge in [0.1, 0.15) is 17.6 Å². The summed E-state index contributed by atoms with van der Waals surface area (Å²) in [6.45, 7) is 6.72. The van der Waals surface area contributed by atoms with Crippen molar-refractivity contribution in [1.29, 1.82) is 5.26 Å². The number of nitriles is 1. The van der Waals surface area contributed by atoms with Gasteiger partial charge in [-0.25, -0.2) is 9.97 Å². The van der Waals surface area contributed by atoms with Gasteiger partial charge in [-0.15, -0.1) is 0 Å².